The summed E-state index contributed by atoms with van der Waals surface area (Å²) in [5.74, 6) is 0. The van der Waals surface area contributed by atoms with E-state index < -0.39 is 0 Å². The molecule has 1 aliphatic carbocycles. The Labute approximate surface area is 111 Å². The zero-order valence-corrected chi connectivity index (χ0v) is 12.6. The fourth-order valence-electron chi connectivity index (χ4n) is 3.36. The molecule has 0 aromatic carbocycles. The van der Waals surface area contributed by atoms with Gasteiger partial charge in [-0.05, 0) is 52.3 Å². The fourth-order valence-corrected chi connectivity index (χ4v) is 3.36. The minimum Gasteiger partial charge on any atom is -0.294 e. The maximum absolute atomic E-state index is 12.7. The molecule has 0 spiro atoms. The van der Waals surface area contributed by atoms with Gasteiger partial charge in [0.25, 0.3) is 0 Å². The maximum Gasteiger partial charge on any atom is 0.329 e. The molecule has 1 heterocycles. The van der Waals surface area contributed by atoms with Gasteiger partial charge < -0.3 is 0 Å². The third-order valence-corrected chi connectivity index (χ3v) is 4.11. The van der Waals surface area contributed by atoms with E-state index in [4.69, 9.17) is 0 Å². The molecule has 1 aliphatic rings. The summed E-state index contributed by atoms with van der Waals surface area (Å²) in [6, 6.07) is 0.490. The summed E-state index contributed by atoms with van der Waals surface area (Å²) in [5.41, 5.74) is 2.74. The van der Waals surface area contributed by atoms with E-state index in [1.165, 1.54) is 24.2 Å². The monoisotopic (exact) mass is 248 g/mol. The topological polar surface area (TPSA) is 26.9 Å². The highest BCUT2D eigenvalue weighted by atomic mass is 16.2. The van der Waals surface area contributed by atoms with E-state index in [2.05, 4.69) is 42.5 Å². The summed E-state index contributed by atoms with van der Waals surface area (Å²) in [6.45, 7) is 10.7. The Kier molecular flexibility index (Phi) is 3.24. The van der Waals surface area contributed by atoms with E-state index in [1.807, 2.05) is 9.13 Å². The molecular weight excluding hydrogens is 223 g/mol. The SMILES string of the molecule is BC1(C)CCCc2c1n(C(C)C)c(=O)n2C(C)C. The highest BCUT2D eigenvalue weighted by molar-refractivity contribution is 6.15. The van der Waals surface area contributed by atoms with Gasteiger partial charge in [-0.15, -0.1) is 0 Å². The van der Waals surface area contributed by atoms with Crippen molar-refractivity contribution >= 4 is 7.85 Å². The van der Waals surface area contributed by atoms with Crippen molar-refractivity contribution < 1.29 is 0 Å². The number of aromatic nitrogens is 2. The summed E-state index contributed by atoms with van der Waals surface area (Å²) in [7, 11) is 2.27. The number of rotatable bonds is 2. The van der Waals surface area contributed by atoms with Gasteiger partial charge in [0.15, 0.2) is 0 Å². The first kappa shape index (κ1) is 13.5. The molecule has 1 aromatic heterocycles. The normalized spacial score (nSPS) is 23.7. The summed E-state index contributed by atoms with van der Waals surface area (Å²) in [6.07, 6.45) is 3.41. The molecule has 1 atom stereocenters. The predicted molar refractivity (Wildman–Crippen MR) is 78.3 cm³/mol. The van der Waals surface area contributed by atoms with E-state index in [9.17, 15) is 4.79 Å². The quantitative estimate of drug-likeness (QED) is 0.735. The van der Waals surface area contributed by atoms with Crippen LogP contribution in [0, 0.1) is 0 Å². The molecule has 0 amide bonds. The molecule has 100 valence electrons. The van der Waals surface area contributed by atoms with E-state index in [1.54, 1.807) is 0 Å². The molecule has 0 radical (unpaired) electrons. The van der Waals surface area contributed by atoms with E-state index in [0.717, 1.165) is 6.42 Å². The van der Waals surface area contributed by atoms with Gasteiger partial charge in [-0.3, -0.25) is 9.13 Å². The molecule has 0 fully saturated rings. The van der Waals surface area contributed by atoms with E-state index in [-0.39, 0.29) is 23.1 Å². The van der Waals surface area contributed by atoms with Gasteiger partial charge >= 0.3 is 5.69 Å². The Morgan fingerprint density at radius 1 is 1.17 bits per heavy atom. The van der Waals surface area contributed by atoms with Gasteiger partial charge in [-0.25, -0.2) is 4.79 Å². The lowest BCUT2D eigenvalue weighted by atomic mass is 9.62. The molecule has 18 heavy (non-hydrogen) atoms. The number of fused-ring (bicyclic) bond motifs is 1. The molecule has 0 aliphatic heterocycles. The van der Waals surface area contributed by atoms with Crippen molar-refractivity contribution in [2.24, 2.45) is 0 Å². The number of nitrogens with zero attached hydrogens (tertiary/aromatic N) is 2. The fraction of sp³-hybridized carbons (Fsp3) is 0.786. The van der Waals surface area contributed by atoms with Crippen molar-refractivity contribution in [3.05, 3.63) is 21.9 Å². The minimum atomic E-state index is 0.122. The van der Waals surface area contributed by atoms with Gasteiger partial charge in [0.05, 0.1) is 0 Å². The van der Waals surface area contributed by atoms with Crippen molar-refractivity contribution in [2.75, 3.05) is 0 Å². The zero-order chi connectivity index (χ0) is 13.7. The van der Waals surface area contributed by atoms with Crippen LogP contribution in [-0.4, -0.2) is 17.0 Å². The van der Waals surface area contributed by atoms with Crippen molar-refractivity contribution in [1.82, 2.24) is 9.13 Å². The van der Waals surface area contributed by atoms with E-state index >= 15 is 0 Å². The Hall–Kier alpha value is -0.925. The zero-order valence-electron chi connectivity index (χ0n) is 12.6. The van der Waals surface area contributed by atoms with E-state index in [0.29, 0.717) is 0 Å². The van der Waals surface area contributed by atoms with Gasteiger partial charge in [0.2, 0.25) is 0 Å². The first-order valence-electron chi connectivity index (χ1n) is 7.13. The Morgan fingerprint density at radius 3 is 2.22 bits per heavy atom. The first-order valence-corrected chi connectivity index (χ1v) is 7.13. The molecule has 4 heteroatoms. The third-order valence-electron chi connectivity index (χ3n) is 4.11. The largest absolute Gasteiger partial charge is 0.329 e. The molecule has 0 saturated carbocycles. The summed E-state index contributed by atoms with van der Waals surface area (Å²) >= 11 is 0. The lowest BCUT2D eigenvalue weighted by Crippen LogP contribution is -2.33. The summed E-state index contributed by atoms with van der Waals surface area (Å²) in [4.78, 5) is 12.7. The smallest absolute Gasteiger partial charge is 0.294 e. The Bertz CT molecular complexity index is 509. The number of imidazole rings is 1. The molecular formula is C14H25BN2O. The lowest BCUT2D eigenvalue weighted by molar-refractivity contribution is 0.459. The first-order chi connectivity index (χ1) is 8.27. The molecule has 0 saturated heterocycles. The van der Waals surface area contributed by atoms with Crippen LogP contribution in [0.15, 0.2) is 4.79 Å². The molecule has 0 N–H and O–H groups in total. The van der Waals surface area contributed by atoms with Crippen LogP contribution in [0.25, 0.3) is 0 Å². The van der Waals surface area contributed by atoms with Crippen LogP contribution in [0.2, 0.25) is 0 Å². The minimum absolute atomic E-state index is 0.122. The van der Waals surface area contributed by atoms with Crippen LogP contribution in [0.3, 0.4) is 0 Å². The van der Waals surface area contributed by atoms with Crippen LogP contribution in [-0.2, 0) is 11.7 Å². The summed E-state index contributed by atoms with van der Waals surface area (Å²) < 4.78 is 4.03. The summed E-state index contributed by atoms with van der Waals surface area (Å²) in [5, 5.41) is 0.122. The highest BCUT2D eigenvalue weighted by Crippen LogP contribution is 2.36. The van der Waals surface area contributed by atoms with Crippen LogP contribution in [0.4, 0.5) is 0 Å². The number of hydrogen-bond donors (Lipinski definition) is 0. The molecule has 2 rings (SSSR count). The van der Waals surface area contributed by atoms with Crippen LogP contribution in [0.1, 0.15) is 70.9 Å². The second-order valence-corrected chi connectivity index (χ2v) is 6.74. The van der Waals surface area contributed by atoms with Crippen molar-refractivity contribution in [2.45, 2.75) is 71.3 Å². The van der Waals surface area contributed by atoms with Crippen molar-refractivity contribution in [3.63, 3.8) is 0 Å². The average Bonchev–Trinajstić information content (AvgIpc) is 2.51. The highest BCUT2D eigenvalue weighted by Gasteiger charge is 2.35. The molecule has 3 nitrogen and oxygen atoms in total. The third kappa shape index (κ3) is 1.86. The molecule has 1 unspecified atom stereocenters. The van der Waals surface area contributed by atoms with Gasteiger partial charge in [0, 0.05) is 23.5 Å². The second-order valence-electron chi connectivity index (χ2n) is 6.74. The van der Waals surface area contributed by atoms with Crippen LogP contribution >= 0.6 is 0 Å². The second kappa shape index (κ2) is 4.32. The van der Waals surface area contributed by atoms with Gasteiger partial charge in [-0.1, -0.05) is 6.92 Å². The van der Waals surface area contributed by atoms with Gasteiger partial charge in [0.1, 0.15) is 7.85 Å². The van der Waals surface area contributed by atoms with Crippen molar-refractivity contribution in [3.8, 4) is 0 Å². The lowest BCUT2D eigenvalue weighted by Gasteiger charge is -2.33. The maximum atomic E-state index is 12.7. The number of hydrogen-bond acceptors (Lipinski definition) is 1. The predicted octanol–water partition coefficient (Wildman–Crippen LogP) is 2.00. The van der Waals surface area contributed by atoms with Crippen LogP contribution in [0.5, 0.6) is 0 Å². The molecule has 1 aromatic rings. The standard InChI is InChI=1S/C14H25BN2O/c1-9(2)16-11-7-6-8-14(5,15)12(11)17(10(3)4)13(16)18/h9-10H,6-8,15H2,1-5H3. The van der Waals surface area contributed by atoms with Crippen LogP contribution < -0.4 is 5.69 Å². The van der Waals surface area contributed by atoms with Crippen molar-refractivity contribution in [1.29, 1.82) is 0 Å². The average molecular weight is 248 g/mol. The Morgan fingerprint density at radius 2 is 1.72 bits per heavy atom. The van der Waals surface area contributed by atoms with Gasteiger partial charge in [-0.2, -0.15) is 0 Å². The Balaban J connectivity index is 2.80. The molecule has 0 bridgehead atoms.